The van der Waals surface area contributed by atoms with E-state index >= 15 is 0 Å². The summed E-state index contributed by atoms with van der Waals surface area (Å²) in [4.78, 5) is 11.2. The summed E-state index contributed by atoms with van der Waals surface area (Å²) in [6, 6.07) is 5.50. The van der Waals surface area contributed by atoms with Crippen molar-refractivity contribution in [3.8, 4) is 5.69 Å². The van der Waals surface area contributed by atoms with Gasteiger partial charge in [0, 0.05) is 18.6 Å². The highest BCUT2D eigenvalue weighted by atomic mass is 32.2. The Morgan fingerprint density at radius 3 is 2.77 bits per heavy atom. The Kier molecular flexibility index (Phi) is 3.69. The number of nitrogens with one attached hydrogen (secondary N) is 2. The number of aromatic nitrogens is 5. The molecule has 0 saturated carbocycles. The van der Waals surface area contributed by atoms with Crippen molar-refractivity contribution in [3.05, 3.63) is 55.0 Å². The molecule has 1 aromatic carbocycles. The third-order valence-corrected chi connectivity index (χ3v) is 4.91. The lowest BCUT2D eigenvalue weighted by atomic mass is 10.3. The number of benzene rings is 1. The summed E-state index contributed by atoms with van der Waals surface area (Å²) < 4.78 is 38.9. The molecule has 4 rings (SSSR count). The minimum atomic E-state index is -3.50. The van der Waals surface area contributed by atoms with Gasteiger partial charge in [-0.15, -0.1) is 0 Å². The van der Waals surface area contributed by atoms with Gasteiger partial charge in [-0.3, -0.25) is 0 Å². The van der Waals surface area contributed by atoms with E-state index < -0.39 is 15.7 Å². The molecule has 0 unspecified atom stereocenters. The van der Waals surface area contributed by atoms with Gasteiger partial charge in [0.15, 0.2) is 15.5 Å². The smallest absolute Gasteiger partial charge is 0.175 e. The van der Waals surface area contributed by atoms with Gasteiger partial charge in [0.05, 0.1) is 22.2 Å². The number of rotatable bonds is 4. The lowest BCUT2D eigenvalue weighted by molar-refractivity contribution is 0.592. The van der Waals surface area contributed by atoms with Gasteiger partial charge in [0.25, 0.3) is 0 Å². The number of H-pyrrole nitrogens is 1. The second kappa shape index (κ2) is 5.92. The summed E-state index contributed by atoms with van der Waals surface area (Å²) in [6.45, 7) is 0. The quantitative estimate of drug-likeness (QED) is 0.570. The van der Waals surface area contributed by atoms with E-state index in [1.165, 1.54) is 29.3 Å². The number of aromatic amines is 1. The van der Waals surface area contributed by atoms with Gasteiger partial charge >= 0.3 is 0 Å². The highest BCUT2D eigenvalue weighted by molar-refractivity contribution is 7.90. The normalized spacial score (nSPS) is 11.8. The van der Waals surface area contributed by atoms with Crippen LogP contribution in [0.2, 0.25) is 0 Å². The van der Waals surface area contributed by atoms with Crippen LogP contribution in [0.1, 0.15) is 0 Å². The molecule has 26 heavy (non-hydrogen) atoms. The molecular weight excluding hydrogens is 359 g/mol. The van der Waals surface area contributed by atoms with E-state index in [2.05, 4.69) is 25.4 Å². The topological polar surface area (TPSA) is 106 Å². The number of anilines is 2. The third kappa shape index (κ3) is 2.80. The maximum atomic E-state index is 14.5. The van der Waals surface area contributed by atoms with Crippen LogP contribution in [0.4, 0.5) is 15.9 Å². The third-order valence-electron chi connectivity index (χ3n) is 3.80. The number of fused-ring (bicyclic) bond motifs is 1. The SMILES string of the molecule is CS(=O)(=O)c1ccc(-n2ncc3c(Nc4cc[nH]c4)ncnc32)c(F)c1. The van der Waals surface area contributed by atoms with Crippen LogP contribution in [-0.2, 0) is 9.84 Å². The molecule has 0 spiro atoms. The molecule has 0 fully saturated rings. The highest BCUT2D eigenvalue weighted by Gasteiger charge is 2.16. The van der Waals surface area contributed by atoms with E-state index in [0.29, 0.717) is 16.9 Å². The highest BCUT2D eigenvalue weighted by Crippen LogP contribution is 2.26. The molecule has 0 saturated heterocycles. The summed E-state index contributed by atoms with van der Waals surface area (Å²) in [5.41, 5.74) is 1.30. The zero-order valence-corrected chi connectivity index (χ0v) is 14.3. The molecule has 3 heterocycles. The van der Waals surface area contributed by atoms with Gasteiger partial charge in [-0.1, -0.05) is 0 Å². The van der Waals surface area contributed by atoms with Gasteiger partial charge in [0.2, 0.25) is 0 Å². The summed E-state index contributed by atoms with van der Waals surface area (Å²) in [7, 11) is -3.50. The van der Waals surface area contributed by atoms with E-state index in [0.717, 1.165) is 18.0 Å². The van der Waals surface area contributed by atoms with Crippen LogP contribution in [0.3, 0.4) is 0 Å². The van der Waals surface area contributed by atoms with Gasteiger partial charge < -0.3 is 10.3 Å². The first-order chi connectivity index (χ1) is 12.4. The zero-order valence-electron chi connectivity index (χ0n) is 13.5. The first-order valence-corrected chi connectivity index (χ1v) is 9.41. The van der Waals surface area contributed by atoms with Crippen molar-refractivity contribution in [2.75, 3.05) is 11.6 Å². The maximum absolute atomic E-state index is 14.5. The van der Waals surface area contributed by atoms with Crippen LogP contribution in [0.5, 0.6) is 0 Å². The van der Waals surface area contributed by atoms with Crippen LogP contribution in [0.25, 0.3) is 16.7 Å². The van der Waals surface area contributed by atoms with Crippen molar-refractivity contribution < 1.29 is 12.8 Å². The van der Waals surface area contributed by atoms with Crippen LogP contribution >= 0.6 is 0 Å². The molecule has 8 nitrogen and oxygen atoms in total. The molecule has 0 aliphatic rings. The number of halogens is 1. The molecule has 3 aromatic heterocycles. The minimum Gasteiger partial charge on any atom is -0.366 e. The largest absolute Gasteiger partial charge is 0.366 e. The average molecular weight is 372 g/mol. The Balaban J connectivity index is 1.81. The van der Waals surface area contributed by atoms with E-state index in [-0.39, 0.29) is 10.6 Å². The van der Waals surface area contributed by atoms with Gasteiger partial charge in [0.1, 0.15) is 23.6 Å². The molecule has 4 aromatic rings. The fourth-order valence-corrected chi connectivity index (χ4v) is 3.18. The Hall–Kier alpha value is -3.27. The first-order valence-electron chi connectivity index (χ1n) is 7.52. The summed E-state index contributed by atoms with van der Waals surface area (Å²) in [6.07, 6.45) is 7.42. The molecule has 0 amide bonds. The number of nitrogens with zero attached hydrogens (tertiary/aromatic N) is 4. The molecule has 0 atom stereocenters. The molecule has 0 aliphatic carbocycles. The van der Waals surface area contributed by atoms with Crippen LogP contribution < -0.4 is 5.32 Å². The van der Waals surface area contributed by atoms with Gasteiger partial charge in [-0.25, -0.2) is 27.5 Å². The lowest BCUT2D eigenvalue weighted by Crippen LogP contribution is -2.04. The summed E-state index contributed by atoms with van der Waals surface area (Å²) >= 11 is 0. The fraction of sp³-hybridized carbons (Fsp3) is 0.0625. The van der Waals surface area contributed by atoms with Crippen molar-refractivity contribution in [2.24, 2.45) is 0 Å². The minimum absolute atomic E-state index is 0.0960. The number of sulfone groups is 1. The number of hydrogen-bond acceptors (Lipinski definition) is 6. The lowest BCUT2D eigenvalue weighted by Gasteiger charge is -2.07. The van der Waals surface area contributed by atoms with Crippen molar-refractivity contribution in [1.29, 1.82) is 0 Å². The molecule has 0 radical (unpaired) electrons. The van der Waals surface area contributed by atoms with E-state index in [9.17, 15) is 12.8 Å². The maximum Gasteiger partial charge on any atom is 0.175 e. The molecular formula is C16H13FN6O2S. The van der Waals surface area contributed by atoms with Crippen molar-refractivity contribution in [2.45, 2.75) is 4.90 Å². The van der Waals surface area contributed by atoms with Crippen molar-refractivity contribution in [1.82, 2.24) is 24.7 Å². The zero-order chi connectivity index (χ0) is 18.3. The Bertz CT molecular complexity index is 1200. The predicted molar refractivity (Wildman–Crippen MR) is 93.8 cm³/mol. The fourth-order valence-electron chi connectivity index (χ4n) is 2.55. The van der Waals surface area contributed by atoms with E-state index in [4.69, 9.17) is 0 Å². The van der Waals surface area contributed by atoms with Crippen molar-refractivity contribution >= 4 is 32.4 Å². The molecule has 10 heteroatoms. The van der Waals surface area contributed by atoms with E-state index in [1.54, 1.807) is 12.4 Å². The second-order valence-electron chi connectivity index (χ2n) is 5.63. The molecule has 132 valence electrons. The van der Waals surface area contributed by atoms with Crippen LogP contribution in [0.15, 0.2) is 54.1 Å². The van der Waals surface area contributed by atoms with Crippen molar-refractivity contribution in [3.63, 3.8) is 0 Å². The Labute approximate surface area is 147 Å². The Morgan fingerprint density at radius 2 is 2.08 bits per heavy atom. The standard InChI is InChI=1S/C16H13FN6O2S/c1-26(24,25)11-2-3-14(13(17)6-11)23-16-12(8-21-23)15(19-9-20-16)22-10-4-5-18-7-10/h2-9,18H,1H3,(H,19,20,22). The second-order valence-corrected chi connectivity index (χ2v) is 7.64. The summed E-state index contributed by atoms with van der Waals surface area (Å²) in [5, 5.41) is 7.91. The first kappa shape index (κ1) is 16.2. The monoisotopic (exact) mass is 372 g/mol. The van der Waals surface area contributed by atoms with Crippen LogP contribution in [0, 0.1) is 5.82 Å². The molecule has 0 aliphatic heterocycles. The van der Waals surface area contributed by atoms with E-state index in [1.807, 2.05) is 6.07 Å². The van der Waals surface area contributed by atoms with Gasteiger partial charge in [-0.2, -0.15) is 5.10 Å². The number of hydrogen-bond donors (Lipinski definition) is 2. The molecule has 0 bridgehead atoms. The average Bonchev–Trinajstić information content (AvgIpc) is 3.24. The summed E-state index contributed by atoms with van der Waals surface area (Å²) in [5.74, 6) is -0.189. The molecule has 2 N–H and O–H groups in total. The van der Waals surface area contributed by atoms with Crippen LogP contribution in [-0.4, -0.2) is 39.4 Å². The Morgan fingerprint density at radius 1 is 1.23 bits per heavy atom. The van der Waals surface area contributed by atoms with Gasteiger partial charge in [-0.05, 0) is 24.3 Å². The predicted octanol–water partition coefficient (Wildman–Crippen LogP) is 2.43.